The minimum atomic E-state index is -0.116. The number of piperidine rings is 1. The summed E-state index contributed by atoms with van der Waals surface area (Å²) in [6.07, 6.45) is 1.55. The topological polar surface area (TPSA) is 70.7 Å². The predicted molar refractivity (Wildman–Crippen MR) is 105 cm³/mol. The van der Waals surface area contributed by atoms with Crippen LogP contribution in [0.1, 0.15) is 25.3 Å². The zero-order valence-corrected chi connectivity index (χ0v) is 15.5. The molecule has 1 fully saturated rings. The maximum Gasteiger partial charge on any atom is 0.321 e. The summed E-state index contributed by atoms with van der Waals surface area (Å²) in [5, 5.41) is 5.82. The van der Waals surface area contributed by atoms with E-state index in [0.29, 0.717) is 19.7 Å². The summed E-state index contributed by atoms with van der Waals surface area (Å²) in [7, 11) is 0. The van der Waals surface area contributed by atoms with Crippen LogP contribution in [0.3, 0.4) is 0 Å². The van der Waals surface area contributed by atoms with E-state index < -0.39 is 0 Å². The highest BCUT2D eigenvalue weighted by Gasteiger charge is 2.23. The fourth-order valence-corrected chi connectivity index (χ4v) is 3.09. The number of carbonyl (C=O) groups excluding carboxylic acids is 2. The van der Waals surface area contributed by atoms with E-state index in [2.05, 4.69) is 10.6 Å². The molecule has 1 heterocycles. The first kappa shape index (κ1) is 18.8. The van der Waals surface area contributed by atoms with E-state index in [1.165, 1.54) is 6.92 Å². The van der Waals surface area contributed by atoms with Gasteiger partial charge in [0.1, 0.15) is 12.4 Å². The molecule has 3 rings (SSSR count). The van der Waals surface area contributed by atoms with Crippen LogP contribution in [0.4, 0.5) is 10.5 Å². The smallest absolute Gasteiger partial charge is 0.321 e. The van der Waals surface area contributed by atoms with Crippen LogP contribution in [-0.4, -0.2) is 36.0 Å². The van der Waals surface area contributed by atoms with Gasteiger partial charge in [-0.25, -0.2) is 4.79 Å². The quantitative estimate of drug-likeness (QED) is 0.851. The SMILES string of the molecule is CC(=O)NC1CCN(C(=O)Nc2ccc(OCc3ccccc3)cc2)CC1. The Balaban J connectivity index is 1.45. The summed E-state index contributed by atoms with van der Waals surface area (Å²) in [5.74, 6) is 0.737. The minimum absolute atomic E-state index is 0.0209. The fourth-order valence-electron chi connectivity index (χ4n) is 3.09. The van der Waals surface area contributed by atoms with E-state index >= 15 is 0 Å². The number of ether oxygens (including phenoxy) is 1. The van der Waals surface area contributed by atoms with Crippen molar-refractivity contribution in [1.29, 1.82) is 0 Å². The lowest BCUT2D eigenvalue weighted by Crippen LogP contribution is -2.47. The number of anilines is 1. The van der Waals surface area contributed by atoms with E-state index in [1.54, 1.807) is 4.90 Å². The van der Waals surface area contributed by atoms with Crippen LogP contribution in [0.15, 0.2) is 54.6 Å². The maximum absolute atomic E-state index is 12.4. The summed E-state index contributed by atoms with van der Waals surface area (Å²) in [6.45, 7) is 3.30. The molecule has 0 bridgehead atoms. The molecule has 0 atom stereocenters. The van der Waals surface area contributed by atoms with Gasteiger partial charge in [-0.3, -0.25) is 4.79 Å². The number of likely N-dealkylation sites (tertiary alicyclic amines) is 1. The molecule has 1 aliphatic rings. The molecule has 1 aliphatic heterocycles. The largest absolute Gasteiger partial charge is 0.489 e. The molecular formula is C21H25N3O3. The van der Waals surface area contributed by atoms with Gasteiger partial charge in [0, 0.05) is 31.7 Å². The van der Waals surface area contributed by atoms with Crippen LogP contribution in [-0.2, 0) is 11.4 Å². The summed E-state index contributed by atoms with van der Waals surface area (Å²) in [5.41, 5.74) is 1.84. The number of urea groups is 1. The van der Waals surface area contributed by atoms with Gasteiger partial charge in [0.25, 0.3) is 0 Å². The molecule has 3 amide bonds. The van der Waals surface area contributed by atoms with Crippen molar-refractivity contribution in [2.45, 2.75) is 32.4 Å². The van der Waals surface area contributed by atoms with Gasteiger partial charge in [-0.1, -0.05) is 30.3 Å². The normalized spacial score (nSPS) is 14.5. The first-order valence-electron chi connectivity index (χ1n) is 9.20. The number of hydrogen-bond acceptors (Lipinski definition) is 3. The van der Waals surface area contributed by atoms with Crippen molar-refractivity contribution in [3.63, 3.8) is 0 Å². The molecule has 0 unspecified atom stereocenters. The molecule has 0 radical (unpaired) electrons. The summed E-state index contributed by atoms with van der Waals surface area (Å²) in [4.78, 5) is 25.3. The van der Waals surface area contributed by atoms with Crippen LogP contribution in [0.5, 0.6) is 5.75 Å². The van der Waals surface area contributed by atoms with Crippen molar-refractivity contribution in [3.05, 3.63) is 60.2 Å². The first-order chi connectivity index (χ1) is 13.1. The van der Waals surface area contributed by atoms with Gasteiger partial charge in [-0.15, -0.1) is 0 Å². The van der Waals surface area contributed by atoms with Crippen molar-refractivity contribution < 1.29 is 14.3 Å². The van der Waals surface area contributed by atoms with Crippen molar-refractivity contribution in [2.75, 3.05) is 18.4 Å². The van der Waals surface area contributed by atoms with Gasteiger partial charge in [-0.2, -0.15) is 0 Å². The average Bonchev–Trinajstić information content (AvgIpc) is 2.68. The Bertz CT molecular complexity index is 754. The number of nitrogens with zero attached hydrogens (tertiary/aromatic N) is 1. The second kappa shape index (κ2) is 9.07. The molecule has 0 aromatic heterocycles. The highest BCUT2D eigenvalue weighted by Crippen LogP contribution is 2.18. The van der Waals surface area contributed by atoms with Crippen molar-refractivity contribution in [3.8, 4) is 5.75 Å². The highest BCUT2D eigenvalue weighted by atomic mass is 16.5. The van der Waals surface area contributed by atoms with Gasteiger partial charge in [-0.05, 0) is 42.7 Å². The van der Waals surface area contributed by atoms with Crippen molar-refractivity contribution >= 4 is 17.6 Å². The number of nitrogens with one attached hydrogen (secondary N) is 2. The Labute approximate surface area is 159 Å². The molecule has 2 aromatic rings. The van der Waals surface area contributed by atoms with Gasteiger partial charge in [0.15, 0.2) is 0 Å². The van der Waals surface area contributed by atoms with Crippen molar-refractivity contribution in [1.82, 2.24) is 10.2 Å². The maximum atomic E-state index is 12.4. The van der Waals surface area contributed by atoms with Crippen molar-refractivity contribution in [2.24, 2.45) is 0 Å². The van der Waals surface area contributed by atoms with Crippen LogP contribution in [0.25, 0.3) is 0 Å². The van der Waals surface area contributed by atoms with E-state index in [4.69, 9.17) is 4.74 Å². The zero-order valence-electron chi connectivity index (χ0n) is 15.5. The van der Waals surface area contributed by atoms with Gasteiger partial charge < -0.3 is 20.3 Å². The van der Waals surface area contributed by atoms with Gasteiger partial charge in [0.05, 0.1) is 0 Å². The summed E-state index contributed by atoms with van der Waals surface area (Å²) >= 11 is 0. The number of rotatable bonds is 5. The third-order valence-corrected chi connectivity index (χ3v) is 4.54. The van der Waals surface area contributed by atoms with E-state index in [-0.39, 0.29) is 18.0 Å². The molecule has 0 saturated carbocycles. The van der Waals surface area contributed by atoms with E-state index in [9.17, 15) is 9.59 Å². The molecule has 2 N–H and O–H groups in total. The lowest BCUT2D eigenvalue weighted by Gasteiger charge is -2.32. The average molecular weight is 367 g/mol. The monoisotopic (exact) mass is 367 g/mol. The number of amides is 3. The Hall–Kier alpha value is -3.02. The fraction of sp³-hybridized carbons (Fsp3) is 0.333. The van der Waals surface area contributed by atoms with E-state index in [1.807, 2.05) is 54.6 Å². The Morgan fingerprint density at radius 3 is 2.33 bits per heavy atom. The second-order valence-corrected chi connectivity index (χ2v) is 6.69. The van der Waals surface area contributed by atoms with Crippen LogP contribution < -0.4 is 15.4 Å². The van der Waals surface area contributed by atoms with Gasteiger partial charge in [0.2, 0.25) is 5.91 Å². The minimum Gasteiger partial charge on any atom is -0.489 e. The molecule has 0 spiro atoms. The lowest BCUT2D eigenvalue weighted by atomic mass is 10.1. The third-order valence-electron chi connectivity index (χ3n) is 4.54. The van der Waals surface area contributed by atoms with Crippen LogP contribution in [0.2, 0.25) is 0 Å². The predicted octanol–water partition coefficient (Wildman–Crippen LogP) is 3.40. The third kappa shape index (κ3) is 5.74. The molecule has 2 aromatic carbocycles. The van der Waals surface area contributed by atoms with E-state index in [0.717, 1.165) is 29.8 Å². The molecular weight excluding hydrogens is 342 g/mol. The summed E-state index contributed by atoms with van der Waals surface area (Å²) < 4.78 is 5.75. The lowest BCUT2D eigenvalue weighted by molar-refractivity contribution is -0.119. The molecule has 6 heteroatoms. The zero-order chi connectivity index (χ0) is 19.1. The standard InChI is InChI=1S/C21H25N3O3/c1-16(25)22-19-11-13-24(14-12-19)21(26)23-18-7-9-20(10-8-18)27-15-17-5-3-2-4-6-17/h2-10,19H,11-15H2,1H3,(H,22,25)(H,23,26). The number of carbonyl (C=O) groups is 2. The number of hydrogen-bond donors (Lipinski definition) is 2. The Kier molecular flexibility index (Phi) is 6.30. The Morgan fingerprint density at radius 1 is 1.04 bits per heavy atom. The Morgan fingerprint density at radius 2 is 1.70 bits per heavy atom. The van der Waals surface area contributed by atoms with Crippen LogP contribution in [0, 0.1) is 0 Å². The molecule has 6 nitrogen and oxygen atoms in total. The second-order valence-electron chi connectivity index (χ2n) is 6.69. The molecule has 27 heavy (non-hydrogen) atoms. The van der Waals surface area contributed by atoms with Gasteiger partial charge >= 0.3 is 6.03 Å². The molecule has 142 valence electrons. The van der Waals surface area contributed by atoms with Crippen LogP contribution >= 0.6 is 0 Å². The first-order valence-corrected chi connectivity index (χ1v) is 9.20. The number of benzene rings is 2. The summed E-state index contributed by atoms with van der Waals surface area (Å²) in [6, 6.07) is 17.4. The highest BCUT2D eigenvalue weighted by molar-refractivity contribution is 5.89. The molecule has 0 aliphatic carbocycles. The molecule has 1 saturated heterocycles.